The lowest BCUT2D eigenvalue weighted by Crippen LogP contribution is -2.52. The lowest BCUT2D eigenvalue weighted by Gasteiger charge is -2.37. The Hall–Kier alpha value is -3.10. The first-order valence-corrected chi connectivity index (χ1v) is 13.1. The molecule has 9 heteroatoms. The number of aryl methyl sites for hydroxylation is 2. The summed E-state index contributed by atoms with van der Waals surface area (Å²) in [6.07, 6.45) is 0. The molecular formula is C26H27ClFN3O3S. The second-order valence-corrected chi connectivity index (χ2v) is 10.9. The number of amides is 1. The lowest BCUT2D eigenvalue weighted by molar-refractivity contribution is -0.129. The van der Waals surface area contributed by atoms with Crippen LogP contribution in [0.15, 0.2) is 71.6 Å². The average molecular weight is 516 g/mol. The van der Waals surface area contributed by atoms with Gasteiger partial charge in [-0.3, -0.25) is 9.10 Å². The highest BCUT2D eigenvalue weighted by atomic mass is 35.5. The Balaban J connectivity index is 1.55. The van der Waals surface area contributed by atoms with Crippen LogP contribution >= 0.6 is 11.6 Å². The van der Waals surface area contributed by atoms with E-state index in [1.807, 2.05) is 19.9 Å². The van der Waals surface area contributed by atoms with Crippen LogP contribution in [0.3, 0.4) is 0 Å². The Kier molecular flexibility index (Phi) is 7.33. The van der Waals surface area contributed by atoms with Gasteiger partial charge in [0, 0.05) is 36.9 Å². The minimum Gasteiger partial charge on any atom is -0.368 e. The topological polar surface area (TPSA) is 60.9 Å². The van der Waals surface area contributed by atoms with Gasteiger partial charge in [-0.15, -0.1) is 0 Å². The standard InChI is InChI=1S/C26H27ClFN3O3S/c1-19-3-8-24(17-20(19)2)31(35(33,34)25-11-4-21(27)5-12-25)18-26(32)30-15-13-29(14-16-30)23-9-6-22(28)7-10-23/h3-12,17H,13-16,18H2,1-2H3. The van der Waals surface area contributed by atoms with Gasteiger partial charge in [0.1, 0.15) is 12.4 Å². The molecule has 0 aromatic heterocycles. The molecule has 0 bridgehead atoms. The highest BCUT2D eigenvalue weighted by Gasteiger charge is 2.30. The number of rotatable bonds is 6. The molecule has 6 nitrogen and oxygen atoms in total. The summed E-state index contributed by atoms with van der Waals surface area (Å²) in [6.45, 7) is 5.57. The largest absolute Gasteiger partial charge is 0.368 e. The number of piperazine rings is 1. The fraction of sp³-hybridized carbons (Fsp3) is 0.269. The molecule has 184 valence electrons. The van der Waals surface area contributed by atoms with Crippen molar-refractivity contribution in [2.75, 3.05) is 41.9 Å². The highest BCUT2D eigenvalue weighted by Crippen LogP contribution is 2.27. The molecule has 1 saturated heterocycles. The predicted molar refractivity (Wildman–Crippen MR) is 137 cm³/mol. The van der Waals surface area contributed by atoms with Crippen molar-refractivity contribution in [3.8, 4) is 0 Å². The molecule has 0 radical (unpaired) electrons. The van der Waals surface area contributed by atoms with Crippen molar-refractivity contribution in [1.29, 1.82) is 0 Å². The third-order valence-electron chi connectivity index (χ3n) is 6.28. The predicted octanol–water partition coefficient (Wildman–Crippen LogP) is 4.64. The van der Waals surface area contributed by atoms with Gasteiger partial charge in [0.25, 0.3) is 10.0 Å². The van der Waals surface area contributed by atoms with E-state index in [-0.39, 0.29) is 23.2 Å². The number of hydrogen-bond acceptors (Lipinski definition) is 4. The Morgan fingerprint density at radius 3 is 2.14 bits per heavy atom. The number of benzene rings is 3. The van der Waals surface area contributed by atoms with Crippen LogP contribution in [0.25, 0.3) is 0 Å². The van der Waals surface area contributed by atoms with E-state index in [0.29, 0.717) is 36.9 Å². The number of anilines is 2. The normalized spacial score (nSPS) is 14.2. The van der Waals surface area contributed by atoms with Crippen LogP contribution in [-0.2, 0) is 14.8 Å². The van der Waals surface area contributed by atoms with E-state index < -0.39 is 10.0 Å². The van der Waals surface area contributed by atoms with Gasteiger partial charge in [0.05, 0.1) is 10.6 Å². The molecule has 35 heavy (non-hydrogen) atoms. The van der Waals surface area contributed by atoms with Crippen LogP contribution in [0.4, 0.5) is 15.8 Å². The summed E-state index contributed by atoms with van der Waals surface area (Å²) in [7, 11) is -4.01. The van der Waals surface area contributed by atoms with Crippen molar-refractivity contribution in [3.63, 3.8) is 0 Å². The van der Waals surface area contributed by atoms with Crippen LogP contribution in [0.2, 0.25) is 5.02 Å². The molecular weight excluding hydrogens is 489 g/mol. The average Bonchev–Trinajstić information content (AvgIpc) is 2.85. The maximum Gasteiger partial charge on any atom is 0.264 e. The molecule has 3 aromatic rings. The summed E-state index contributed by atoms with van der Waals surface area (Å²) < 4.78 is 41.6. The van der Waals surface area contributed by atoms with Crippen LogP contribution in [0, 0.1) is 19.7 Å². The summed E-state index contributed by atoms with van der Waals surface area (Å²) in [6, 6.07) is 17.5. The zero-order chi connectivity index (χ0) is 25.2. The molecule has 0 atom stereocenters. The number of carbonyl (C=O) groups is 1. The van der Waals surface area contributed by atoms with Crippen molar-refractivity contribution in [2.24, 2.45) is 0 Å². The molecule has 0 aliphatic carbocycles. The second kappa shape index (κ2) is 10.3. The lowest BCUT2D eigenvalue weighted by atomic mass is 10.1. The molecule has 0 spiro atoms. The number of sulfonamides is 1. The van der Waals surface area contributed by atoms with Gasteiger partial charge in [0.15, 0.2) is 0 Å². The van der Waals surface area contributed by atoms with Crippen molar-refractivity contribution >= 4 is 38.9 Å². The first-order valence-electron chi connectivity index (χ1n) is 11.3. The molecule has 1 fully saturated rings. The zero-order valence-corrected chi connectivity index (χ0v) is 21.2. The number of halogens is 2. The summed E-state index contributed by atoms with van der Waals surface area (Å²) >= 11 is 5.95. The minimum atomic E-state index is -4.01. The number of hydrogen-bond donors (Lipinski definition) is 0. The van der Waals surface area contributed by atoms with Gasteiger partial charge >= 0.3 is 0 Å². The Labute approximate surface area is 210 Å². The molecule has 0 N–H and O–H groups in total. The van der Waals surface area contributed by atoms with Crippen LogP contribution < -0.4 is 9.21 Å². The quantitative estimate of drug-likeness (QED) is 0.480. The molecule has 3 aromatic carbocycles. The van der Waals surface area contributed by atoms with E-state index >= 15 is 0 Å². The summed E-state index contributed by atoms with van der Waals surface area (Å²) in [5.41, 5.74) is 3.28. The second-order valence-electron chi connectivity index (χ2n) is 8.58. The minimum absolute atomic E-state index is 0.0639. The summed E-state index contributed by atoms with van der Waals surface area (Å²) in [4.78, 5) is 17.1. The third-order valence-corrected chi connectivity index (χ3v) is 8.32. The van der Waals surface area contributed by atoms with E-state index in [1.165, 1.54) is 36.4 Å². The van der Waals surface area contributed by atoms with Gasteiger partial charge in [-0.25, -0.2) is 12.8 Å². The first-order chi connectivity index (χ1) is 16.6. The Morgan fingerprint density at radius 2 is 1.54 bits per heavy atom. The van der Waals surface area contributed by atoms with Gasteiger partial charge in [-0.05, 0) is 85.6 Å². The van der Waals surface area contributed by atoms with Crippen molar-refractivity contribution < 1.29 is 17.6 Å². The summed E-state index contributed by atoms with van der Waals surface area (Å²) in [5.74, 6) is -0.574. The molecule has 0 saturated carbocycles. The molecule has 0 unspecified atom stereocenters. The van der Waals surface area contributed by atoms with Crippen molar-refractivity contribution in [3.05, 3.63) is 88.7 Å². The number of nitrogens with zero attached hydrogens (tertiary/aromatic N) is 3. The SMILES string of the molecule is Cc1ccc(N(CC(=O)N2CCN(c3ccc(F)cc3)CC2)S(=O)(=O)c2ccc(Cl)cc2)cc1C. The molecule has 4 rings (SSSR count). The smallest absolute Gasteiger partial charge is 0.264 e. The molecule has 1 amide bonds. The zero-order valence-electron chi connectivity index (χ0n) is 19.6. The van der Waals surface area contributed by atoms with E-state index in [9.17, 15) is 17.6 Å². The maximum atomic E-state index is 13.6. The van der Waals surface area contributed by atoms with Crippen LogP contribution in [0.5, 0.6) is 0 Å². The molecule has 1 aliphatic heterocycles. The van der Waals surface area contributed by atoms with Gasteiger partial charge in [0.2, 0.25) is 5.91 Å². The van der Waals surface area contributed by atoms with E-state index in [4.69, 9.17) is 11.6 Å². The Morgan fingerprint density at radius 1 is 0.914 bits per heavy atom. The van der Waals surface area contributed by atoms with E-state index in [0.717, 1.165) is 21.1 Å². The van der Waals surface area contributed by atoms with Crippen LogP contribution in [0.1, 0.15) is 11.1 Å². The fourth-order valence-electron chi connectivity index (χ4n) is 4.02. The van der Waals surface area contributed by atoms with Crippen LogP contribution in [-0.4, -0.2) is 51.9 Å². The van der Waals surface area contributed by atoms with E-state index in [1.54, 1.807) is 29.2 Å². The maximum absolute atomic E-state index is 13.6. The summed E-state index contributed by atoms with van der Waals surface area (Å²) in [5, 5.41) is 0.428. The number of carbonyl (C=O) groups excluding carboxylic acids is 1. The van der Waals surface area contributed by atoms with Gasteiger partial charge in [-0.2, -0.15) is 0 Å². The fourth-order valence-corrected chi connectivity index (χ4v) is 5.55. The molecule has 1 heterocycles. The first kappa shape index (κ1) is 25.0. The van der Waals surface area contributed by atoms with Crippen molar-refractivity contribution in [1.82, 2.24) is 4.90 Å². The van der Waals surface area contributed by atoms with E-state index in [2.05, 4.69) is 4.90 Å². The monoisotopic (exact) mass is 515 g/mol. The Bertz CT molecular complexity index is 1310. The van der Waals surface area contributed by atoms with Crippen molar-refractivity contribution in [2.45, 2.75) is 18.7 Å². The van der Waals surface area contributed by atoms with Gasteiger partial charge < -0.3 is 9.80 Å². The van der Waals surface area contributed by atoms with Gasteiger partial charge in [-0.1, -0.05) is 17.7 Å². The highest BCUT2D eigenvalue weighted by molar-refractivity contribution is 7.92. The molecule has 1 aliphatic rings. The third kappa shape index (κ3) is 5.60.